The molecule has 2 amide bonds. The second-order valence-electron chi connectivity index (χ2n) is 4.17. The third-order valence-electron chi connectivity index (χ3n) is 2.59. The molecule has 0 aromatic heterocycles. The van der Waals surface area contributed by atoms with Gasteiger partial charge in [-0.1, -0.05) is 22.0 Å². The molecule has 0 bridgehead atoms. The first-order valence-electron chi connectivity index (χ1n) is 5.73. The lowest BCUT2D eigenvalue weighted by Gasteiger charge is -2.07. The summed E-state index contributed by atoms with van der Waals surface area (Å²) in [5.41, 5.74) is 12.6. The Morgan fingerprint density at radius 1 is 1.05 bits per heavy atom. The molecular weight excluding hydrogens is 322 g/mol. The number of amides is 2. The molecule has 0 aliphatic heterocycles. The van der Waals surface area contributed by atoms with Crippen molar-refractivity contribution in [2.45, 2.75) is 0 Å². The number of hydrogen-bond donors (Lipinski definition) is 3. The zero-order valence-corrected chi connectivity index (χ0v) is 12.0. The van der Waals surface area contributed by atoms with Gasteiger partial charge in [0.25, 0.3) is 5.91 Å². The second-order valence-corrected chi connectivity index (χ2v) is 5.09. The van der Waals surface area contributed by atoms with Gasteiger partial charge in [-0.2, -0.15) is 0 Å². The Kier molecular flexibility index (Phi) is 4.05. The molecule has 0 aliphatic carbocycles. The number of hydrogen-bond acceptors (Lipinski definition) is 3. The third kappa shape index (κ3) is 3.36. The molecule has 0 heterocycles. The van der Waals surface area contributed by atoms with E-state index in [1.165, 1.54) is 6.07 Å². The molecule has 20 heavy (non-hydrogen) atoms. The Hall–Kier alpha value is -2.34. The third-order valence-corrected chi connectivity index (χ3v) is 3.05. The van der Waals surface area contributed by atoms with Gasteiger partial charge in [0.15, 0.2) is 0 Å². The van der Waals surface area contributed by atoms with Crippen molar-refractivity contribution in [2.75, 3.05) is 11.1 Å². The van der Waals surface area contributed by atoms with Gasteiger partial charge in [0.2, 0.25) is 5.91 Å². The highest BCUT2D eigenvalue weighted by Crippen LogP contribution is 2.19. The Balaban J connectivity index is 2.23. The number of carbonyl (C=O) groups excluding carboxylic acids is 2. The van der Waals surface area contributed by atoms with Crippen molar-refractivity contribution in [3.8, 4) is 0 Å². The number of halogens is 1. The number of carbonyl (C=O) groups is 2. The number of anilines is 2. The van der Waals surface area contributed by atoms with Crippen LogP contribution >= 0.6 is 15.9 Å². The monoisotopic (exact) mass is 333 g/mol. The van der Waals surface area contributed by atoms with E-state index in [1.54, 1.807) is 36.4 Å². The SMILES string of the molecule is NC(=O)c1cccc(NC(=O)c2cc(N)cc(Br)c2)c1. The van der Waals surface area contributed by atoms with Crippen molar-refractivity contribution < 1.29 is 9.59 Å². The van der Waals surface area contributed by atoms with Crippen molar-refractivity contribution in [3.63, 3.8) is 0 Å². The maximum atomic E-state index is 12.1. The number of nitrogens with two attached hydrogens (primary N) is 2. The number of nitrogens with one attached hydrogen (secondary N) is 1. The van der Waals surface area contributed by atoms with Gasteiger partial charge in [-0.3, -0.25) is 9.59 Å². The Morgan fingerprint density at radius 3 is 2.45 bits per heavy atom. The smallest absolute Gasteiger partial charge is 0.255 e. The normalized spacial score (nSPS) is 10.1. The van der Waals surface area contributed by atoms with E-state index >= 15 is 0 Å². The van der Waals surface area contributed by atoms with Gasteiger partial charge in [-0.25, -0.2) is 0 Å². The molecule has 6 heteroatoms. The van der Waals surface area contributed by atoms with E-state index in [9.17, 15) is 9.59 Å². The highest BCUT2D eigenvalue weighted by Gasteiger charge is 2.09. The Bertz CT molecular complexity index is 666. The summed E-state index contributed by atoms with van der Waals surface area (Å²) in [4.78, 5) is 23.2. The van der Waals surface area contributed by atoms with Gasteiger partial charge in [0.05, 0.1) is 0 Å². The molecule has 0 fully saturated rings. The minimum atomic E-state index is -0.548. The van der Waals surface area contributed by atoms with Crippen LogP contribution in [0.25, 0.3) is 0 Å². The van der Waals surface area contributed by atoms with Crippen LogP contribution < -0.4 is 16.8 Å². The predicted octanol–water partition coefficient (Wildman–Crippen LogP) is 2.38. The minimum absolute atomic E-state index is 0.320. The van der Waals surface area contributed by atoms with E-state index in [0.29, 0.717) is 27.0 Å². The number of primary amides is 1. The lowest BCUT2D eigenvalue weighted by Crippen LogP contribution is -2.14. The molecule has 5 N–H and O–H groups in total. The van der Waals surface area contributed by atoms with Gasteiger partial charge < -0.3 is 16.8 Å². The summed E-state index contributed by atoms with van der Waals surface area (Å²) in [5.74, 6) is -0.868. The molecule has 0 unspecified atom stereocenters. The lowest BCUT2D eigenvalue weighted by atomic mass is 10.1. The molecule has 2 aromatic rings. The second kappa shape index (κ2) is 5.75. The van der Waals surface area contributed by atoms with Crippen LogP contribution in [0.15, 0.2) is 46.9 Å². The van der Waals surface area contributed by atoms with Crippen LogP contribution in [0.4, 0.5) is 11.4 Å². The maximum Gasteiger partial charge on any atom is 0.255 e. The predicted molar refractivity (Wildman–Crippen MR) is 81.5 cm³/mol. The summed E-state index contributed by atoms with van der Waals surface area (Å²) < 4.78 is 0.716. The van der Waals surface area contributed by atoms with Gasteiger partial charge in [0.1, 0.15) is 0 Å². The fourth-order valence-electron chi connectivity index (χ4n) is 1.70. The summed E-state index contributed by atoms with van der Waals surface area (Å²) in [5, 5.41) is 2.68. The molecule has 0 atom stereocenters. The van der Waals surface area contributed by atoms with Gasteiger partial charge in [0, 0.05) is 27.0 Å². The van der Waals surface area contributed by atoms with Gasteiger partial charge >= 0.3 is 0 Å². The molecule has 0 spiro atoms. The molecule has 0 saturated heterocycles. The summed E-state index contributed by atoms with van der Waals surface area (Å²) >= 11 is 3.28. The van der Waals surface area contributed by atoms with E-state index in [2.05, 4.69) is 21.2 Å². The van der Waals surface area contributed by atoms with Crippen molar-refractivity contribution in [2.24, 2.45) is 5.73 Å². The standard InChI is InChI=1S/C14H12BrN3O2/c15-10-4-9(5-11(16)7-10)14(20)18-12-3-1-2-8(6-12)13(17)19/h1-7H,16H2,(H2,17,19)(H,18,20). The van der Waals surface area contributed by atoms with Crippen molar-refractivity contribution in [3.05, 3.63) is 58.1 Å². The van der Waals surface area contributed by atoms with Crippen LogP contribution in [0.5, 0.6) is 0 Å². The molecular formula is C14H12BrN3O2. The summed E-state index contributed by atoms with van der Waals surface area (Å²) in [7, 11) is 0. The molecule has 0 radical (unpaired) electrons. The quantitative estimate of drug-likeness (QED) is 0.752. The van der Waals surface area contributed by atoms with E-state index in [4.69, 9.17) is 11.5 Å². The first-order chi connectivity index (χ1) is 9.45. The van der Waals surface area contributed by atoms with Crippen molar-refractivity contribution >= 4 is 39.1 Å². The fraction of sp³-hybridized carbons (Fsp3) is 0. The van der Waals surface area contributed by atoms with E-state index < -0.39 is 5.91 Å². The van der Waals surface area contributed by atoms with E-state index in [-0.39, 0.29) is 5.91 Å². The van der Waals surface area contributed by atoms with Crippen LogP contribution in [0.1, 0.15) is 20.7 Å². The van der Waals surface area contributed by atoms with Crippen molar-refractivity contribution in [1.82, 2.24) is 0 Å². The van der Waals surface area contributed by atoms with E-state index in [0.717, 1.165) is 0 Å². The van der Waals surface area contributed by atoms with Crippen LogP contribution in [-0.2, 0) is 0 Å². The van der Waals surface area contributed by atoms with Crippen LogP contribution in [0.3, 0.4) is 0 Å². The lowest BCUT2D eigenvalue weighted by molar-refractivity contribution is 0.0996. The van der Waals surface area contributed by atoms with E-state index in [1.807, 2.05) is 0 Å². The average molecular weight is 334 g/mol. The summed E-state index contributed by atoms with van der Waals surface area (Å²) in [6.07, 6.45) is 0. The highest BCUT2D eigenvalue weighted by molar-refractivity contribution is 9.10. The number of rotatable bonds is 3. The molecule has 2 aromatic carbocycles. The largest absolute Gasteiger partial charge is 0.399 e. The van der Waals surface area contributed by atoms with Crippen molar-refractivity contribution in [1.29, 1.82) is 0 Å². The first-order valence-corrected chi connectivity index (χ1v) is 6.52. The average Bonchev–Trinajstić information content (AvgIpc) is 2.37. The number of nitrogen functional groups attached to an aromatic ring is 1. The molecule has 102 valence electrons. The van der Waals surface area contributed by atoms with Gasteiger partial charge in [-0.15, -0.1) is 0 Å². The number of benzene rings is 2. The van der Waals surface area contributed by atoms with Crippen LogP contribution in [0, 0.1) is 0 Å². The summed E-state index contributed by atoms with van der Waals surface area (Å²) in [6.45, 7) is 0. The van der Waals surface area contributed by atoms with Gasteiger partial charge in [-0.05, 0) is 36.4 Å². The zero-order chi connectivity index (χ0) is 14.7. The highest BCUT2D eigenvalue weighted by atomic mass is 79.9. The van der Waals surface area contributed by atoms with Crippen LogP contribution in [0.2, 0.25) is 0 Å². The fourth-order valence-corrected chi connectivity index (χ4v) is 2.21. The molecule has 5 nitrogen and oxygen atoms in total. The maximum absolute atomic E-state index is 12.1. The van der Waals surface area contributed by atoms with Crippen LogP contribution in [-0.4, -0.2) is 11.8 Å². The molecule has 2 rings (SSSR count). The topological polar surface area (TPSA) is 98.2 Å². The Labute approximate surface area is 124 Å². The zero-order valence-electron chi connectivity index (χ0n) is 10.4. The first kappa shape index (κ1) is 14.1. The summed E-state index contributed by atoms with van der Waals surface area (Å²) in [6, 6.07) is 11.3. The molecule has 0 saturated carbocycles. The molecule has 0 aliphatic rings. The minimum Gasteiger partial charge on any atom is -0.399 e. The Morgan fingerprint density at radius 2 is 1.80 bits per heavy atom.